The van der Waals surface area contributed by atoms with Gasteiger partial charge in [-0.15, -0.1) is 0 Å². The van der Waals surface area contributed by atoms with Crippen molar-refractivity contribution < 1.29 is 14.3 Å². The third-order valence-electron chi connectivity index (χ3n) is 5.26. The Balaban J connectivity index is 1.53. The van der Waals surface area contributed by atoms with Gasteiger partial charge in [0.15, 0.2) is 0 Å². The molecule has 0 spiro atoms. The molecule has 2 atom stereocenters. The van der Waals surface area contributed by atoms with E-state index in [0.717, 1.165) is 11.1 Å². The Morgan fingerprint density at radius 1 is 1.07 bits per heavy atom. The van der Waals surface area contributed by atoms with Crippen LogP contribution in [0.1, 0.15) is 38.3 Å². The van der Waals surface area contributed by atoms with E-state index in [4.69, 9.17) is 27.9 Å². The highest BCUT2D eigenvalue weighted by atomic mass is 35.5. The van der Waals surface area contributed by atoms with Gasteiger partial charge in [-0.05, 0) is 56.3 Å². The molecule has 2 aromatic rings. The summed E-state index contributed by atoms with van der Waals surface area (Å²) in [7, 11) is 1.95. The smallest absolute Gasteiger partial charge is 0.338 e. The number of rotatable bonds is 5. The second kappa shape index (κ2) is 9.16. The third kappa shape index (κ3) is 5.30. The molecule has 0 saturated carbocycles. The summed E-state index contributed by atoms with van der Waals surface area (Å²) in [5.41, 5.74) is 2.81. The topological polar surface area (TPSA) is 58.6 Å². The van der Waals surface area contributed by atoms with E-state index in [-0.39, 0.29) is 24.0 Å². The molecule has 1 aliphatic heterocycles. The Morgan fingerprint density at radius 2 is 1.66 bits per heavy atom. The molecule has 154 valence electrons. The predicted molar refractivity (Wildman–Crippen MR) is 115 cm³/mol. The number of ether oxygens (including phenoxy) is 1. The van der Waals surface area contributed by atoms with Crippen molar-refractivity contribution in [2.45, 2.75) is 32.4 Å². The first-order chi connectivity index (χ1) is 13.7. The summed E-state index contributed by atoms with van der Waals surface area (Å²) >= 11 is 12.2. The quantitative estimate of drug-likeness (QED) is 0.713. The fourth-order valence-corrected chi connectivity index (χ4v) is 3.70. The van der Waals surface area contributed by atoms with Gasteiger partial charge in [-0.3, -0.25) is 9.69 Å². The highest BCUT2D eigenvalue weighted by Gasteiger charge is 2.32. The van der Waals surface area contributed by atoms with E-state index < -0.39 is 0 Å². The first kappa shape index (κ1) is 21.6. The fourth-order valence-electron chi connectivity index (χ4n) is 3.34. The van der Waals surface area contributed by atoms with Crippen LogP contribution in [0.15, 0.2) is 36.4 Å². The van der Waals surface area contributed by atoms with Crippen LogP contribution in [0.5, 0.6) is 0 Å². The second-order valence-electron chi connectivity index (χ2n) is 7.49. The van der Waals surface area contributed by atoms with Gasteiger partial charge in [-0.1, -0.05) is 35.3 Å². The Kier molecular flexibility index (Phi) is 6.83. The maximum atomic E-state index is 12.4. The van der Waals surface area contributed by atoms with Gasteiger partial charge in [0.2, 0.25) is 0 Å². The summed E-state index contributed by atoms with van der Waals surface area (Å²) in [5.74, 6) is -0.556. The average Bonchev–Trinajstić information content (AvgIpc) is 3.03. The van der Waals surface area contributed by atoms with Gasteiger partial charge >= 0.3 is 5.97 Å². The molecular formula is C22H24Cl2N2O3. The Labute approximate surface area is 180 Å². The summed E-state index contributed by atoms with van der Waals surface area (Å²) in [6, 6.07) is 10.5. The van der Waals surface area contributed by atoms with Crippen LogP contribution in [0.25, 0.3) is 0 Å². The molecule has 5 nitrogen and oxygen atoms in total. The van der Waals surface area contributed by atoms with Crippen molar-refractivity contribution in [1.29, 1.82) is 0 Å². The summed E-state index contributed by atoms with van der Waals surface area (Å²) in [4.78, 5) is 26.9. The number of likely N-dealkylation sites (N-methyl/N-ethyl adjacent to an activating group) is 1. The maximum Gasteiger partial charge on any atom is 0.338 e. The minimum Gasteiger partial charge on any atom is -0.457 e. The first-order valence-electron chi connectivity index (χ1n) is 9.46. The number of hydrogen-bond acceptors (Lipinski definition) is 4. The lowest BCUT2D eigenvalue weighted by atomic mass is 10.1. The molecule has 1 saturated heterocycles. The van der Waals surface area contributed by atoms with E-state index in [9.17, 15) is 9.59 Å². The number of hydrogen-bond donors (Lipinski definition) is 1. The molecule has 0 bridgehead atoms. The van der Waals surface area contributed by atoms with E-state index >= 15 is 0 Å². The van der Waals surface area contributed by atoms with Crippen LogP contribution in [0.2, 0.25) is 10.0 Å². The monoisotopic (exact) mass is 434 g/mol. The van der Waals surface area contributed by atoms with Crippen LogP contribution < -0.4 is 5.32 Å². The summed E-state index contributed by atoms with van der Waals surface area (Å²) in [6.45, 7) is 4.85. The molecule has 29 heavy (non-hydrogen) atoms. The maximum absolute atomic E-state index is 12.4. The normalized spacial score (nSPS) is 19.2. The Morgan fingerprint density at radius 3 is 2.28 bits per heavy atom. The number of halogens is 2. The predicted octanol–water partition coefficient (Wildman–Crippen LogP) is 4.27. The summed E-state index contributed by atoms with van der Waals surface area (Å²) < 4.78 is 5.64. The zero-order valence-corrected chi connectivity index (χ0v) is 18.2. The van der Waals surface area contributed by atoms with Crippen LogP contribution in [0.3, 0.4) is 0 Å². The molecular weight excluding hydrogens is 411 g/mol. The number of carbonyl (C=O) groups excluding carboxylic acids is 2. The highest BCUT2D eigenvalue weighted by Crippen LogP contribution is 2.22. The minimum absolute atomic E-state index is 0.0827. The van der Waals surface area contributed by atoms with Gasteiger partial charge in [0.1, 0.15) is 6.10 Å². The Hall–Kier alpha value is -2.08. The van der Waals surface area contributed by atoms with Crippen molar-refractivity contribution in [3.63, 3.8) is 0 Å². The molecule has 0 unspecified atom stereocenters. The van der Waals surface area contributed by atoms with Crippen molar-refractivity contribution in [2.24, 2.45) is 0 Å². The number of benzene rings is 2. The number of amides is 1. The lowest BCUT2D eigenvalue weighted by molar-refractivity contribution is 0.0326. The summed E-state index contributed by atoms with van der Waals surface area (Å²) in [5, 5.41) is 4.05. The second-order valence-corrected chi connectivity index (χ2v) is 8.31. The molecule has 0 aliphatic carbocycles. The van der Waals surface area contributed by atoms with Crippen LogP contribution in [-0.4, -0.2) is 49.1 Å². The van der Waals surface area contributed by atoms with Crippen molar-refractivity contribution in [3.05, 3.63) is 68.7 Å². The zero-order chi connectivity index (χ0) is 21.1. The standard InChI is InChI=1S/C22H24Cl2N2O3/c1-13-4-6-15(8-19(13)23)21(27)25-11-17-10-18(12-26(17)3)29-22(28)16-7-5-14(2)20(24)9-16/h4-9,17-18H,10-12H2,1-3H3,(H,25,27)/t17-,18+/m0/s1. The number of nitrogens with zero attached hydrogens (tertiary/aromatic N) is 1. The van der Waals surface area contributed by atoms with Gasteiger partial charge in [0.25, 0.3) is 5.91 Å². The average molecular weight is 435 g/mol. The zero-order valence-electron chi connectivity index (χ0n) is 16.7. The third-order valence-corrected chi connectivity index (χ3v) is 6.08. The molecule has 1 aliphatic rings. The van der Waals surface area contributed by atoms with Gasteiger partial charge < -0.3 is 10.1 Å². The molecule has 0 aromatic heterocycles. The molecule has 7 heteroatoms. The molecule has 2 aromatic carbocycles. The van der Waals surface area contributed by atoms with Gasteiger partial charge in [-0.25, -0.2) is 4.79 Å². The minimum atomic E-state index is -0.385. The first-order valence-corrected chi connectivity index (χ1v) is 10.2. The molecule has 1 N–H and O–H groups in total. The fraction of sp³-hybridized carbons (Fsp3) is 0.364. The van der Waals surface area contributed by atoms with Crippen LogP contribution >= 0.6 is 23.2 Å². The van der Waals surface area contributed by atoms with E-state index in [2.05, 4.69) is 10.2 Å². The number of nitrogens with one attached hydrogen (secondary N) is 1. The van der Waals surface area contributed by atoms with E-state index in [1.54, 1.807) is 30.3 Å². The van der Waals surface area contributed by atoms with Crippen molar-refractivity contribution >= 4 is 35.1 Å². The van der Waals surface area contributed by atoms with Crippen molar-refractivity contribution in [1.82, 2.24) is 10.2 Å². The van der Waals surface area contributed by atoms with E-state index in [1.165, 1.54) is 0 Å². The largest absolute Gasteiger partial charge is 0.457 e. The molecule has 3 rings (SSSR count). The molecule has 1 heterocycles. The molecule has 1 fully saturated rings. The van der Waals surface area contributed by atoms with Crippen molar-refractivity contribution in [2.75, 3.05) is 20.1 Å². The molecule has 1 amide bonds. The summed E-state index contributed by atoms with van der Waals surface area (Å²) in [6.07, 6.45) is 0.417. The van der Waals surface area contributed by atoms with E-state index in [1.807, 2.05) is 27.0 Å². The van der Waals surface area contributed by atoms with Gasteiger partial charge in [0, 0.05) is 41.2 Å². The SMILES string of the molecule is Cc1ccc(C(=O)NC[C@@H]2C[C@@H](OC(=O)c3ccc(C)c(Cl)c3)CN2C)cc1Cl. The van der Waals surface area contributed by atoms with Gasteiger partial charge in [-0.2, -0.15) is 0 Å². The lowest BCUT2D eigenvalue weighted by Gasteiger charge is -2.19. The highest BCUT2D eigenvalue weighted by molar-refractivity contribution is 6.32. The van der Waals surface area contributed by atoms with Crippen LogP contribution in [0.4, 0.5) is 0 Å². The Bertz CT molecular complexity index is 932. The number of aryl methyl sites for hydroxylation is 2. The lowest BCUT2D eigenvalue weighted by Crippen LogP contribution is -2.38. The van der Waals surface area contributed by atoms with Gasteiger partial charge in [0.05, 0.1) is 5.56 Å². The van der Waals surface area contributed by atoms with Crippen LogP contribution in [0, 0.1) is 13.8 Å². The van der Waals surface area contributed by atoms with Crippen molar-refractivity contribution in [3.8, 4) is 0 Å². The van der Waals surface area contributed by atoms with Crippen LogP contribution in [-0.2, 0) is 4.74 Å². The number of esters is 1. The van der Waals surface area contributed by atoms with E-state index in [0.29, 0.717) is 40.7 Å². The number of likely N-dealkylation sites (tertiary alicyclic amines) is 1. The molecule has 0 radical (unpaired) electrons. The number of carbonyl (C=O) groups is 2.